The van der Waals surface area contributed by atoms with Gasteiger partial charge in [-0.25, -0.2) is 8.42 Å². The lowest BCUT2D eigenvalue weighted by molar-refractivity contribution is 0.0730. The smallest absolute Gasteiger partial charge is 0.251 e. The Labute approximate surface area is 182 Å². The van der Waals surface area contributed by atoms with Crippen molar-refractivity contribution in [3.63, 3.8) is 0 Å². The maximum absolute atomic E-state index is 13.1. The van der Waals surface area contributed by atoms with Crippen LogP contribution in [0.15, 0.2) is 41.3 Å². The molecule has 8 nitrogen and oxygen atoms in total. The number of morpholine rings is 1. The molecule has 2 aliphatic heterocycles. The van der Waals surface area contributed by atoms with Gasteiger partial charge in [-0.2, -0.15) is 4.31 Å². The maximum atomic E-state index is 13.1. The van der Waals surface area contributed by atoms with E-state index in [4.69, 9.17) is 14.2 Å². The fourth-order valence-electron chi connectivity index (χ4n) is 3.64. The molecule has 0 bridgehead atoms. The highest BCUT2D eigenvalue weighted by Gasteiger charge is 2.28. The van der Waals surface area contributed by atoms with Gasteiger partial charge in [-0.15, -0.1) is 0 Å². The lowest BCUT2D eigenvalue weighted by atomic mass is 10.1. The Morgan fingerprint density at radius 1 is 1.00 bits per heavy atom. The van der Waals surface area contributed by atoms with Crippen molar-refractivity contribution < 1.29 is 27.4 Å². The molecule has 0 aromatic heterocycles. The van der Waals surface area contributed by atoms with Crippen LogP contribution in [0.1, 0.15) is 34.5 Å². The number of hydrogen-bond acceptors (Lipinski definition) is 6. The summed E-state index contributed by atoms with van der Waals surface area (Å²) in [6.07, 6.45) is 0. The molecular formula is C22H26N2O6S. The highest BCUT2D eigenvalue weighted by molar-refractivity contribution is 7.89. The summed E-state index contributed by atoms with van der Waals surface area (Å²) in [5, 5.41) is 2.93. The first-order valence-corrected chi connectivity index (χ1v) is 11.7. The van der Waals surface area contributed by atoms with Crippen molar-refractivity contribution in [3.8, 4) is 11.5 Å². The minimum atomic E-state index is -3.70. The minimum Gasteiger partial charge on any atom is -0.486 e. The van der Waals surface area contributed by atoms with Crippen LogP contribution in [0, 0.1) is 6.92 Å². The molecule has 1 fully saturated rings. The van der Waals surface area contributed by atoms with Crippen molar-refractivity contribution in [2.45, 2.75) is 24.8 Å². The second kappa shape index (κ2) is 8.86. The minimum absolute atomic E-state index is 0.147. The van der Waals surface area contributed by atoms with Crippen LogP contribution in [0.2, 0.25) is 0 Å². The van der Waals surface area contributed by atoms with E-state index in [1.165, 1.54) is 10.4 Å². The van der Waals surface area contributed by atoms with E-state index in [1.807, 2.05) is 25.1 Å². The number of hydrogen-bond donors (Lipinski definition) is 1. The number of rotatable bonds is 5. The number of carbonyl (C=O) groups excluding carboxylic acids is 1. The van der Waals surface area contributed by atoms with E-state index in [9.17, 15) is 13.2 Å². The number of sulfonamides is 1. The van der Waals surface area contributed by atoms with Crippen molar-refractivity contribution >= 4 is 15.9 Å². The number of amides is 1. The number of carbonyl (C=O) groups is 1. The first kappa shape index (κ1) is 21.6. The summed E-state index contributed by atoms with van der Waals surface area (Å²) in [4.78, 5) is 13.0. The molecular weight excluding hydrogens is 420 g/mol. The van der Waals surface area contributed by atoms with E-state index >= 15 is 0 Å². The first-order chi connectivity index (χ1) is 14.9. The quantitative estimate of drug-likeness (QED) is 0.757. The summed E-state index contributed by atoms with van der Waals surface area (Å²) in [7, 11) is -3.70. The Balaban J connectivity index is 1.53. The van der Waals surface area contributed by atoms with Crippen LogP contribution in [-0.4, -0.2) is 58.1 Å². The molecule has 1 atom stereocenters. The number of benzene rings is 2. The van der Waals surface area contributed by atoms with Crippen LogP contribution in [0.3, 0.4) is 0 Å². The Morgan fingerprint density at radius 3 is 2.45 bits per heavy atom. The summed E-state index contributed by atoms with van der Waals surface area (Å²) < 4.78 is 44.0. The zero-order chi connectivity index (χ0) is 22.0. The van der Waals surface area contributed by atoms with Gasteiger partial charge in [0.2, 0.25) is 10.0 Å². The molecule has 0 spiro atoms. The van der Waals surface area contributed by atoms with Gasteiger partial charge in [0.15, 0.2) is 11.5 Å². The Kier molecular flexibility index (Phi) is 6.17. The van der Waals surface area contributed by atoms with Gasteiger partial charge in [0.25, 0.3) is 5.91 Å². The molecule has 2 aromatic rings. The van der Waals surface area contributed by atoms with Gasteiger partial charge < -0.3 is 19.5 Å². The fraction of sp³-hybridized carbons (Fsp3) is 0.409. The van der Waals surface area contributed by atoms with Gasteiger partial charge >= 0.3 is 0 Å². The molecule has 0 aliphatic carbocycles. The Morgan fingerprint density at radius 2 is 1.71 bits per heavy atom. The number of nitrogens with one attached hydrogen (secondary N) is 1. The molecule has 0 radical (unpaired) electrons. The van der Waals surface area contributed by atoms with Crippen LogP contribution in [0.5, 0.6) is 11.5 Å². The van der Waals surface area contributed by atoms with Gasteiger partial charge in [0.1, 0.15) is 13.2 Å². The number of nitrogens with zero attached hydrogens (tertiary/aromatic N) is 1. The topological polar surface area (TPSA) is 94.2 Å². The van der Waals surface area contributed by atoms with E-state index in [2.05, 4.69) is 5.32 Å². The molecule has 1 amide bonds. The SMILES string of the molecule is Cc1ccc(C(=O)N[C@H](C)c2ccc3c(c2)OCCO3)cc1S(=O)(=O)N1CCOCC1. The predicted octanol–water partition coefficient (Wildman–Crippen LogP) is 2.28. The molecule has 1 N–H and O–H groups in total. The number of fused-ring (bicyclic) bond motifs is 1. The largest absolute Gasteiger partial charge is 0.486 e. The average molecular weight is 447 g/mol. The normalized spacial score (nSPS) is 17.7. The second-order valence-corrected chi connectivity index (χ2v) is 9.50. The van der Waals surface area contributed by atoms with Crippen LogP contribution in [0.25, 0.3) is 0 Å². The third-order valence-electron chi connectivity index (χ3n) is 5.45. The third kappa shape index (κ3) is 4.53. The lowest BCUT2D eigenvalue weighted by Crippen LogP contribution is -2.41. The van der Waals surface area contributed by atoms with Crippen LogP contribution in [0.4, 0.5) is 0 Å². The summed E-state index contributed by atoms with van der Waals surface area (Å²) in [6, 6.07) is 10.0. The number of aryl methyl sites for hydroxylation is 1. The van der Waals surface area contributed by atoms with Crippen LogP contribution in [-0.2, 0) is 14.8 Å². The highest BCUT2D eigenvalue weighted by atomic mass is 32.2. The standard InChI is InChI=1S/C22H26N2O6S/c1-15-3-4-18(14-21(15)31(26,27)24-7-9-28-10-8-24)22(25)23-16(2)17-5-6-19-20(13-17)30-12-11-29-19/h3-6,13-14,16H,7-12H2,1-2H3,(H,23,25)/t16-/m1/s1. The molecule has 166 valence electrons. The molecule has 9 heteroatoms. The molecule has 31 heavy (non-hydrogen) atoms. The summed E-state index contributed by atoms with van der Waals surface area (Å²) in [6.45, 7) is 5.94. The van der Waals surface area contributed by atoms with Gasteiger partial charge in [0.05, 0.1) is 24.2 Å². The zero-order valence-electron chi connectivity index (χ0n) is 17.6. The van der Waals surface area contributed by atoms with Crippen molar-refractivity contribution in [3.05, 3.63) is 53.1 Å². The van der Waals surface area contributed by atoms with E-state index < -0.39 is 10.0 Å². The zero-order valence-corrected chi connectivity index (χ0v) is 18.4. The van der Waals surface area contributed by atoms with Gasteiger partial charge in [0, 0.05) is 18.7 Å². The molecule has 2 aromatic carbocycles. The van der Waals surface area contributed by atoms with Gasteiger partial charge in [-0.05, 0) is 49.2 Å². The van der Waals surface area contributed by atoms with E-state index in [-0.39, 0.29) is 16.8 Å². The predicted molar refractivity (Wildman–Crippen MR) is 114 cm³/mol. The monoisotopic (exact) mass is 446 g/mol. The van der Waals surface area contributed by atoms with E-state index in [0.29, 0.717) is 62.1 Å². The molecule has 0 unspecified atom stereocenters. The maximum Gasteiger partial charge on any atom is 0.251 e. The second-order valence-electron chi connectivity index (χ2n) is 7.59. The fourth-order valence-corrected chi connectivity index (χ4v) is 5.30. The molecule has 1 saturated heterocycles. The van der Waals surface area contributed by atoms with Crippen molar-refractivity contribution in [1.82, 2.24) is 9.62 Å². The Hall–Kier alpha value is -2.62. The Bertz CT molecular complexity index is 1080. The summed E-state index contributed by atoms with van der Waals surface area (Å²) >= 11 is 0. The number of ether oxygens (including phenoxy) is 3. The van der Waals surface area contributed by atoms with Gasteiger partial charge in [-0.1, -0.05) is 12.1 Å². The molecule has 0 saturated carbocycles. The summed E-state index contributed by atoms with van der Waals surface area (Å²) in [5.41, 5.74) is 1.76. The molecule has 2 heterocycles. The first-order valence-electron chi connectivity index (χ1n) is 10.3. The van der Waals surface area contributed by atoms with Crippen molar-refractivity contribution in [1.29, 1.82) is 0 Å². The van der Waals surface area contributed by atoms with Gasteiger partial charge in [-0.3, -0.25) is 4.79 Å². The van der Waals surface area contributed by atoms with Crippen LogP contribution >= 0.6 is 0 Å². The lowest BCUT2D eigenvalue weighted by Gasteiger charge is -2.27. The average Bonchev–Trinajstić information content (AvgIpc) is 2.79. The molecule has 4 rings (SSSR count). The van der Waals surface area contributed by atoms with Crippen LogP contribution < -0.4 is 14.8 Å². The highest BCUT2D eigenvalue weighted by Crippen LogP contribution is 2.32. The summed E-state index contributed by atoms with van der Waals surface area (Å²) in [5.74, 6) is 0.991. The van der Waals surface area contributed by atoms with Crippen molar-refractivity contribution in [2.24, 2.45) is 0 Å². The van der Waals surface area contributed by atoms with E-state index in [0.717, 1.165) is 5.56 Å². The van der Waals surface area contributed by atoms with E-state index in [1.54, 1.807) is 19.1 Å². The molecule has 2 aliphatic rings. The third-order valence-corrected chi connectivity index (χ3v) is 7.49. The van der Waals surface area contributed by atoms with Crippen molar-refractivity contribution in [2.75, 3.05) is 39.5 Å².